The summed E-state index contributed by atoms with van der Waals surface area (Å²) < 4.78 is 6.78. The highest BCUT2D eigenvalue weighted by atomic mass is 16.3. The second-order valence-corrected chi connectivity index (χ2v) is 14.3. The summed E-state index contributed by atoms with van der Waals surface area (Å²) in [5.74, 6) is 0.822. The summed E-state index contributed by atoms with van der Waals surface area (Å²) in [7, 11) is 0. The number of fused-ring (bicyclic) bond motifs is 6. The average molecular weight is 658 g/mol. The van der Waals surface area contributed by atoms with Crippen LogP contribution in [0.4, 0.5) is 11.4 Å². The van der Waals surface area contributed by atoms with Crippen LogP contribution in [0.5, 0.6) is 0 Å². The lowest BCUT2D eigenvalue weighted by atomic mass is 9.60. The third-order valence-corrected chi connectivity index (χ3v) is 11.8. The third-order valence-electron chi connectivity index (χ3n) is 11.8. The van der Waals surface area contributed by atoms with Gasteiger partial charge in [-0.05, 0) is 71.4 Å². The minimum atomic E-state index is -0.361. The van der Waals surface area contributed by atoms with Gasteiger partial charge in [-0.15, -0.1) is 0 Å². The van der Waals surface area contributed by atoms with E-state index in [-0.39, 0.29) is 23.3 Å². The Balaban J connectivity index is 1.33. The molecule has 5 aromatic carbocycles. The highest BCUT2D eigenvalue weighted by molar-refractivity contribution is 6.07. The molecule has 0 N–H and O–H groups in total. The summed E-state index contributed by atoms with van der Waals surface area (Å²) in [6.45, 7) is 0. The normalized spacial score (nSPS) is 24.7. The van der Waals surface area contributed by atoms with Crippen LogP contribution in [0.3, 0.4) is 0 Å². The molecule has 1 aromatic heterocycles. The standard InChI is InChI=1S/C49H39NO/c1-4-18-34(19-5-1)37-24-12-16-30-45(37)50(36-22-8-3-9-23-36)46-32-41-40-27-13-17-31-47(40)51-48(41)33-44(46)49(35-20-6-2-7-21-35)42-28-14-10-25-38(42)39-26-11-15-29-43(39)49/h1-28,31-33,38,42-43,45H,29-30H2. The summed E-state index contributed by atoms with van der Waals surface area (Å²) in [4.78, 5) is 2.65. The van der Waals surface area contributed by atoms with E-state index >= 15 is 0 Å². The van der Waals surface area contributed by atoms with Crippen LogP contribution < -0.4 is 4.90 Å². The molecular weight excluding hydrogens is 619 g/mol. The Morgan fingerprint density at radius 3 is 2.16 bits per heavy atom. The molecule has 1 fully saturated rings. The largest absolute Gasteiger partial charge is 0.456 e. The Labute approximate surface area is 299 Å². The molecule has 2 heteroatoms. The molecule has 1 saturated carbocycles. The van der Waals surface area contributed by atoms with E-state index in [0.717, 1.165) is 34.8 Å². The van der Waals surface area contributed by atoms with E-state index in [1.807, 2.05) is 0 Å². The average Bonchev–Trinajstić information content (AvgIpc) is 3.72. The molecule has 10 rings (SSSR count). The summed E-state index contributed by atoms with van der Waals surface area (Å²) in [5, 5.41) is 2.30. The Morgan fingerprint density at radius 1 is 0.608 bits per heavy atom. The molecule has 0 saturated heterocycles. The molecule has 4 aliphatic carbocycles. The lowest BCUT2D eigenvalue weighted by Crippen LogP contribution is -2.42. The monoisotopic (exact) mass is 657 g/mol. The topological polar surface area (TPSA) is 16.4 Å². The zero-order chi connectivity index (χ0) is 33.8. The van der Waals surface area contributed by atoms with Crippen molar-refractivity contribution >= 4 is 38.9 Å². The number of hydrogen-bond acceptors (Lipinski definition) is 2. The molecule has 0 radical (unpaired) electrons. The first kappa shape index (κ1) is 30.0. The van der Waals surface area contributed by atoms with Crippen molar-refractivity contribution in [2.24, 2.45) is 17.8 Å². The minimum Gasteiger partial charge on any atom is -0.456 e. The Hall–Kier alpha value is -5.86. The van der Waals surface area contributed by atoms with Gasteiger partial charge in [0.1, 0.15) is 11.2 Å². The van der Waals surface area contributed by atoms with Crippen molar-refractivity contribution in [3.63, 3.8) is 0 Å². The van der Waals surface area contributed by atoms with Crippen molar-refractivity contribution in [2.45, 2.75) is 24.3 Å². The number of para-hydroxylation sites is 2. The Morgan fingerprint density at radius 2 is 1.31 bits per heavy atom. The molecule has 0 aliphatic heterocycles. The van der Waals surface area contributed by atoms with Gasteiger partial charge in [0.15, 0.2) is 0 Å². The summed E-state index contributed by atoms with van der Waals surface area (Å²) in [6.07, 6.45) is 25.3. The van der Waals surface area contributed by atoms with Gasteiger partial charge in [0.05, 0.1) is 6.04 Å². The molecule has 0 bridgehead atoms. The van der Waals surface area contributed by atoms with Gasteiger partial charge < -0.3 is 9.32 Å². The first-order chi connectivity index (χ1) is 25.3. The van der Waals surface area contributed by atoms with Crippen LogP contribution in [0.15, 0.2) is 198 Å². The third kappa shape index (κ3) is 4.63. The molecule has 0 spiro atoms. The first-order valence-electron chi connectivity index (χ1n) is 18.3. The van der Waals surface area contributed by atoms with E-state index in [9.17, 15) is 0 Å². The fourth-order valence-corrected chi connectivity index (χ4v) is 9.81. The van der Waals surface area contributed by atoms with Crippen LogP contribution in [-0.4, -0.2) is 6.04 Å². The van der Waals surface area contributed by atoms with Gasteiger partial charge in [-0.25, -0.2) is 0 Å². The number of rotatable bonds is 6. The van der Waals surface area contributed by atoms with E-state index in [1.54, 1.807) is 0 Å². The SMILES string of the molecule is C1=CCC(N(c2ccccc2)c2cc3c(cc2C2(c4ccccc4)C4CC=CC=C4C4C=CC=CC42)oc2ccccc23)C(c2ccccc2)=C1. The maximum Gasteiger partial charge on any atom is 0.135 e. The van der Waals surface area contributed by atoms with Gasteiger partial charge in [-0.3, -0.25) is 0 Å². The van der Waals surface area contributed by atoms with Crippen LogP contribution in [0.25, 0.3) is 27.5 Å². The highest BCUT2D eigenvalue weighted by Gasteiger charge is 2.59. The van der Waals surface area contributed by atoms with Gasteiger partial charge in [0, 0.05) is 39.4 Å². The smallest absolute Gasteiger partial charge is 0.135 e. The fourth-order valence-electron chi connectivity index (χ4n) is 9.81. The van der Waals surface area contributed by atoms with Crippen LogP contribution in [0.2, 0.25) is 0 Å². The molecule has 51 heavy (non-hydrogen) atoms. The van der Waals surface area contributed by atoms with Crippen molar-refractivity contribution in [3.8, 4) is 0 Å². The Kier molecular flexibility index (Phi) is 7.16. The second kappa shape index (κ2) is 12.2. The van der Waals surface area contributed by atoms with Crippen molar-refractivity contribution in [3.05, 3.63) is 210 Å². The first-order valence-corrected chi connectivity index (χ1v) is 18.3. The van der Waals surface area contributed by atoms with E-state index in [4.69, 9.17) is 4.42 Å². The molecule has 4 aliphatic rings. The van der Waals surface area contributed by atoms with E-state index in [2.05, 4.69) is 193 Å². The van der Waals surface area contributed by atoms with Crippen LogP contribution in [-0.2, 0) is 5.41 Å². The highest BCUT2D eigenvalue weighted by Crippen LogP contribution is 2.64. The molecule has 2 nitrogen and oxygen atoms in total. The van der Waals surface area contributed by atoms with Crippen LogP contribution in [0.1, 0.15) is 29.5 Å². The van der Waals surface area contributed by atoms with Gasteiger partial charge in [0.25, 0.3) is 0 Å². The number of furan rings is 1. The molecular formula is C49H39NO. The zero-order valence-corrected chi connectivity index (χ0v) is 28.5. The molecule has 246 valence electrons. The summed E-state index contributed by atoms with van der Waals surface area (Å²) in [5.41, 5.74) is 10.7. The van der Waals surface area contributed by atoms with E-state index < -0.39 is 0 Å². The quantitative estimate of drug-likeness (QED) is 0.177. The van der Waals surface area contributed by atoms with Crippen molar-refractivity contribution in [2.75, 3.05) is 4.90 Å². The molecule has 5 unspecified atom stereocenters. The van der Waals surface area contributed by atoms with Crippen LogP contribution in [0, 0.1) is 17.8 Å². The van der Waals surface area contributed by atoms with E-state index in [0.29, 0.717) is 5.92 Å². The zero-order valence-electron chi connectivity index (χ0n) is 28.5. The lowest BCUT2D eigenvalue weighted by Gasteiger charge is -2.46. The molecule has 1 heterocycles. The minimum absolute atomic E-state index is 0.0715. The predicted molar refractivity (Wildman–Crippen MR) is 212 cm³/mol. The van der Waals surface area contributed by atoms with Crippen molar-refractivity contribution in [1.29, 1.82) is 0 Å². The molecule has 6 aromatic rings. The van der Waals surface area contributed by atoms with Gasteiger partial charge in [0.2, 0.25) is 0 Å². The maximum atomic E-state index is 6.78. The summed E-state index contributed by atoms with van der Waals surface area (Å²) in [6, 6.07) is 46.8. The Bertz CT molecular complexity index is 2440. The number of benzene rings is 5. The number of allylic oxidation sites excluding steroid dienone is 10. The summed E-state index contributed by atoms with van der Waals surface area (Å²) >= 11 is 0. The number of hydrogen-bond donors (Lipinski definition) is 0. The fraction of sp³-hybridized carbons (Fsp3) is 0.143. The van der Waals surface area contributed by atoms with E-state index in [1.165, 1.54) is 39.2 Å². The van der Waals surface area contributed by atoms with Gasteiger partial charge in [-0.1, -0.05) is 163 Å². The molecule has 5 atom stereocenters. The molecule has 0 amide bonds. The van der Waals surface area contributed by atoms with Crippen LogP contribution >= 0.6 is 0 Å². The van der Waals surface area contributed by atoms with Gasteiger partial charge in [-0.2, -0.15) is 0 Å². The van der Waals surface area contributed by atoms with Gasteiger partial charge >= 0.3 is 0 Å². The maximum absolute atomic E-state index is 6.78. The number of anilines is 2. The van der Waals surface area contributed by atoms with Crippen molar-refractivity contribution < 1.29 is 4.42 Å². The number of nitrogens with zero attached hydrogens (tertiary/aromatic N) is 1. The lowest BCUT2D eigenvalue weighted by molar-refractivity contribution is 0.335. The predicted octanol–water partition coefficient (Wildman–Crippen LogP) is 12.3. The van der Waals surface area contributed by atoms with Crippen molar-refractivity contribution in [1.82, 2.24) is 0 Å². The second-order valence-electron chi connectivity index (χ2n) is 14.3.